The number of hydrogen-bond acceptors (Lipinski definition) is 4. The molecule has 0 aliphatic carbocycles. The maximum Gasteiger partial charge on any atom is 0.437 e. The van der Waals surface area contributed by atoms with Gasteiger partial charge in [0.1, 0.15) is 0 Å². The summed E-state index contributed by atoms with van der Waals surface area (Å²) in [6.45, 7) is 1.77. The number of oxime groups is 1. The predicted molar refractivity (Wildman–Crippen MR) is 97.3 cm³/mol. The first-order valence-corrected chi connectivity index (χ1v) is 7.86. The van der Waals surface area contributed by atoms with Crippen molar-refractivity contribution in [3.8, 4) is 5.69 Å². The van der Waals surface area contributed by atoms with Gasteiger partial charge in [-0.15, -0.1) is 0 Å². The van der Waals surface area contributed by atoms with E-state index in [2.05, 4.69) is 15.5 Å². The Morgan fingerprint density at radius 3 is 2.52 bits per heavy atom. The minimum Gasteiger partial charge on any atom is -0.306 e. The van der Waals surface area contributed by atoms with Gasteiger partial charge in [-0.25, -0.2) is 9.78 Å². The third-order valence-corrected chi connectivity index (χ3v) is 3.70. The molecule has 0 radical (unpaired) electrons. The fourth-order valence-electron chi connectivity index (χ4n) is 2.12. The standard InChI is InChI=1S/C18H15ClN4O2/c1-13(14-2-8-17(9-3-14)23-11-10-20-12-23)22-25-18(24)21-16-6-4-15(19)5-7-16/h2-12H,1H3,(H,21,24)/b22-13+. The first kappa shape index (κ1) is 16.7. The summed E-state index contributed by atoms with van der Waals surface area (Å²) >= 11 is 5.79. The molecule has 0 unspecified atom stereocenters. The molecule has 1 heterocycles. The van der Waals surface area contributed by atoms with Crippen LogP contribution < -0.4 is 5.32 Å². The second-order valence-electron chi connectivity index (χ2n) is 5.20. The van der Waals surface area contributed by atoms with Gasteiger partial charge in [0.05, 0.1) is 12.0 Å². The van der Waals surface area contributed by atoms with Crippen LogP contribution in [0.3, 0.4) is 0 Å². The van der Waals surface area contributed by atoms with E-state index in [0.717, 1.165) is 11.3 Å². The minimum atomic E-state index is -0.670. The molecule has 0 saturated carbocycles. The van der Waals surface area contributed by atoms with Crippen LogP contribution in [-0.4, -0.2) is 21.4 Å². The van der Waals surface area contributed by atoms with Gasteiger partial charge in [0.15, 0.2) is 0 Å². The zero-order valence-corrected chi connectivity index (χ0v) is 14.1. The van der Waals surface area contributed by atoms with Crippen molar-refractivity contribution in [2.45, 2.75) is 6.92 Å². The molecule has 0 aliphatic heterocycles. The van der Waals surface area contributed by atoms with Gasteiger partial charge in [-0.2, -0.15) is 0 Å². The van der Waals surface area contributed by atoms with Gasteiger partial charge >= 0.3 is 6.09 Å². The summed E-state index contributed by atoms with van der Waals surface area (Å²) in [5.41, 5.74) is 2.99. The van der Waals surface area contributed by atoms with Gasteiger partial charge in [-0.3, -0.25) is 10.2 Å². The molecule has 2 aromatic carbocycles. The summed E-state index contributed by atoms with van der Waals surface area (Å²) in [5, 5.41) is 7.02. The monoisotopic (exact) mass is 354 g/mol. The number of carbonyl (C=O) groups is 1. The van der Waals surface area contributed by atoms with E-state index in [-0.39, 0.29) is 0 Å². The van der Waals surface area contributed by atoms with Crippen LogP contribution in [0.4, 0.5) is 10.5 Å². The molecule has 1 N–H and O–H groups in total. The van der Waals surface area contributed by atoms with Crippen LogP contribution >= 0.6 is 11.6 Å². The molecular weight excluding hydrogens is 340 g/mol. The summed E-state index contributed by atoms with van der Waals surface area (Å²) in [4.78, 5) is 20.7. The van der Waals surface area contributed by atoms with Crippen molar-refractivity contribution < 1.29 is 9.63 Å². The van der Waals surface area contributed by atoms with Gasteiger partial charge < -0.3 is 4.57 Å². The summed E-state index contributed by atoms with van der Waals surface area (Å²) in [6.07, 6.45) is 4.63. The zero-order valence-electron chi connectivity index (χ0n) is 13.4. The third-order valence-electron chi connectivity index (χ3n) is 3.44. The molecule has 0 aliphatic rings. The summed E-state index contributed by atoms with van der Waals surface area (Å²) in [5.74, 6) is 0. The Morgan fingerprint density at radius 1 is 1.16 bits per heavy atom. The van der Waals surface area contributed by atoms with Crippen molar-refractivity contribution in [2.75, 3.05) is 5.32 Å². The highest BCUT2D eigenvalue weighted by Crippen LogP contribution is 2.14. The average molecular weight is 355 g/mol. The normalized spacial score (nSPS) is 11.2. The number of amides is 1. The molecular formula is C18H15ClN4O2. The van der Waals surface area contributed by atoms with Crippen LogP contribution in [0.25, 0.3) is 5.69 Å². The molecule has 0 atom stereocenters. The van der Waals surface area contributed by atoms with Crippen LogP contribution in [0.5, 0.6) is 0 Å². The number of nitrogens with one attached hydrogen (secondary N) is 1. The molecule has 7 heteroatoms. The maximum absolute atomic E-state index is 11.8. The number of anilines is 1. The van der Waals surface area contributed by atoms with Crippen molar-refractivity contribution in [2.24, 2.45) is 5.16 Å². The lowest BCUT2D eigenvalue weighted by Gasteiger charge is -2.05. The Kier molecular flexibility index (Phi) is 5.11. The summed E-state index contributed by atoms with van der Waals surface area (Å²) in [6, 6.07) is 14.4. The van der Waals surface area contributed by atoms with E-state index in [1.807, 2.05) is 35.0 Å². The first-order valence-electron chi connectivity index (χ1n) is 7.49. The van der Waals surface area contributed by atoms with E-state index in [9.17, 15) is 4.79 Å². The predicted octanol–water partition coefficient (Wildman–Crippen LogP) is 4.50. The average Bonchev–Trinajstić information content (AvgIpc) is 3.16. The lowest BCUT2D eigenvalue weighted by molar-refractivity contribution is 0.166. The smallest absolute Gasteiger partial charge is 0.306 e. The first-order chi connectivity index (χ1) is 12.1. The van der Waals surface area contributed by atoms with Gasteiger partial charge in [0.2, 0.25) is 0 Å². The molecule has 0 fully saturated rings. The number of imidazole rings is 1. The van der Waals surface area contributed by atoms with Gasteiger partial charge in [0, 0.05) is 28.8 Å². The van der Waals surface area contributed by atoms with E-state index in [1.54, 1.807) is 43.7 Å². The largest absolute Gasteiger partial charge is 0.437 e. The molecule has 0 spiro atoms. The minimum absolute atomic E-state index is 0.576. The SMILES string of the molecule is C/C(=N\OC(=O)Nc1ccc(Cl)cc1)c1ccc(-n2ccnc2)cc1. The summed E-state index contributed by atoms with van der Waals surface area (Å²) < 4.78 is 1.90. The zero-order chi connectivity index (χ0) is 17.6. The van der Waals surface area contributed by atoms with Crippen molar-refractivity contribution in [1.29, 1.82) is 0 Å². The van der Waals surface area contributed by atoms with E-state index in [4.69, 9.17) is 16.4 Å². The van der Waals surface area contributed by atoms with Crippen molar-refractivity contribution in [1.82, 2.24) is 9.55 Å². The van der Waals surface area contributed by atoms with Gasteiger partial charge in [0.25, 0.3) is 0 Å². The van der Waals surface area contributed by atoms with Crippen molar-refractivity contribution >= 4 is 29.1 Å². The number of carbonyl (C=O) groups excluding carboxylic acids is 1. The Balaban J connectivity index is 1.61. The fourth-order valence-corrected chi connectivity index (χ4v) is 2.25. The Hall–Kier alpha value is -3.12. The molecule has 3 aromatic rings. The van der Waals surface area contributed by atoms with E-state index in [1.165, 1.54) is 0 Å². The third kappa shape index (κ3) is 4.45. The fraction of sp³-hybridized carbons (Fsp3) is 0.0556. The molecule has 126 valence electrons. The number of aromatic nitrogens is 2. The van der Waals surface area contributed by atoms with E-state index in [0.29, 0.717) is 16.4 Å². The topological polar surface area (TPSA) is 68.5 Å². The molecule has 1 amide bonds. The van der Waals surface area contributed by atoms with Crippen LogP contribution in [0.15, 0.2) is 72.4 Å². The van der Waals surface area contributed by atoms with Crippen LogP contribution in [-0.2, 0) is 4.84 Å². The number of hydrogen-bond donors (Lipinski definition) is 1. The Labute approximate surface area is 149 Å². The highest BCUT2D eigenvalue weighted by atomic mass is 35.5. The second-order valence-corrected chi connectivity index (χ2v) is 5.64. The van der Waals surface area contributed by atoms with Crippen LogP contribution in [0, 0.1) is 0 Å². The van der Waals surface area contributed by atoms with Gasteiger partial charge in [-0.1, -0.05) is 28.9 Å². The number of rotatable bonds is 4. The highest BCUT2D eigenvalue weighted by Gasteiger charge is 2.05. The highest BCUT2D eigenvalue weighted by molar-refractivity contribution is 6.30. The quantitative estimate of drug-likeness (QED) is 0.426. The molecule has 1 aromatic heterocycles. The summed E-state index contributed by atoms with van der Waals surface area (Å²) in [7, 11) is 0. The maximum atomic E-state index is 11.8. The van der Waals surface area contributed by atoms with E-state index < -0.39 is 6.09 Å². The molecule has 0 bridgehead atoms. The Bertz CT molecular complexity index is 872. The van der Waals surface area contributed by atoms with Crippen molar-refractivity contribution in [3.05, 3.63) is 77.8 Å². The second kappa shape index (κ2) is 7.63. The molecule has 3 rings (SSSR count). The molecule has 25 heavy (non-hydrogen) atoms. The Morgan fingerprint density at radius 2 is 1.88 bits per heavy atom. The van der Waals surface area contributed by atoms with Crippen molar-refractivity contribution in [3.63, 3.8) is 0 Å². The van der Waals surface area contributed by atoms with Gasteiger partial charge in [-0.05, 0) is 48.9 Å². The number of halogens is 1. The lowest BCUT2D eigenvalue weighted by Crippen LogP contribution is -2.11. The van der Waals surface area contributed by atoms with Crippen LogP contribution in [0.1, 0.15) is 12.5 Å². The molecule has 6 nitrogen and oxygen atoms in total. The number of nitrogens with zero attached hydrogens (tertiary/aromatic N) is 3. The van der Waals surface area contributed by atoms with E-state index >= 15 is 0 Å². The lowest BCUT2D eigenvalue weighted by atomic mass is 10.1. The molecule has 0 saturated heterocycles. The number of benzene rings is 2. The van der Waals surface area contributed by atoms with Crippen LogP contribution in [0.2, 0.25) is 5.02 Å².